The van der Waals surface area contributed by atoms with Gasteiger partial charge in [0.1, 0.15) is 5.82 Å². The molecule has 0 aliphatic heterocycles. The van der Waals surface area contributed by atoms with Crippen LogP contribution in [0.5, 0.6) is 0 Å². The van der Waals surface area contributed by atoms with E-state index >= 15 is 0 Å². The van der Waals surface area contributed by atoms with Crippen molar-refractivity contribution in [3.05, 3.63) is 11.3 Å². The monoisotopic (exact) mass is 237 g/mol. The Morgan fingerprint density at radius 2 is 2.18 bits per heavy atom. The molecule has 1 unspecified atom stereocenters. The van der Waals surface area contributed by atoms with Crippen LogP contribution in [0, 0.1) is 19.8 Å². The first-order chi connectivity index (χ1) is 8.11. The first kappa shape index (κ1) is 12.4. The highest BCUT2D eigenvalue weighted by Gasteiger charge is 2.24. The van der Waals surface area contributed by atoms with Crippen LogP contribution in [0.4, 0.5) is 5.82 Å². The normalized spacial score (nSPS) is 17.2. The van der Waals surface area contributed by atoms with Gasteiger partial charge >= 0.3 is 0 Å². The third-order valence-electron chi connectivity index (χ3n) is 3.51. The van der Waals surface area contributed by atoms with Crippen LogP contribution in [-0.2, 0) is 6.54 Å². The van der Waals surface area contributed by atoms with Crippen LogP contribution in [0.25, 0.3) is 0 Å². The molecular weight excluding hydrogens is 214 g/mol. The van der Waals surface area contributed by atoms with E-state index in [4.69, 9.17) is 5.11 Å². The summed E-state index contributed by atoms with van der Waals surface area (Å²) in [6.45, 7) is 7.02. The standard InChI is InChI=1S/C13H23N3O/c1-9(8-12-4-5-12)14-13-10(2)11(3)15-16(13)6-7-17/h9,12,14,17H,4-8H2,1-3H3. The van der Waals surface area contributed by atoms with Gasteiger partial charge in [-0.2, -0.15) is 5.10 Å². The summed E-state index contributed by atoms with van der Waals surface area (Å²) in [4.78, 5) is 0. The predicted octanol–water partition coefficient (Wildman–Crippen LogP) is 2.09. The third kappa shape index (κ3) is 3.00. The summed E-state index contributed by atoms with van der Waals surface area (Å²) < 4.78 is 1.88. The van der Waals surface area contributed by atoms with Gasteiger partial charge in [-0.05, 0) is 33.1 Å². The second kappa shape index (κ2) is 5.08. The van der Waals surface area contributed by atoms with Gasteiger partial charge in [-0.15, -0.1) is 0 Å². The van der Waals surface area contributed by atoms with Gasteiger partial charge in [0.15, 0.2) is 0 Å². The molecule has 1 fully saturated rings. The van der Waals surface area contributed by atoms with Gasteiger partial charge < -0.3 is 10.4 Å². The fourth-order valence-electron chi connectivity index (χ4n) is 2.26. The maximum absolute atomic E-state index is 9.05. The average Bonchev–Trinajstić information content (AvgIpc) is 3.03. The number of hydrogen-bond donors (Lipinski definition) is 2. The van der Waals surface area contributed by atoms with Crippen LogP contribution in [0.1, 0.15) is 37.4 Å². The first-order valence-electron chi connectivity index (χ1n) is 6.53. The van der Waals surface area contributed by atoms with Gasteiger partial charge in [0.2, 0.25) is 0 Å². The Balaban J connectivity index is 2.06. The number of hydrogen-bond acceptors (Lipinski definition) is 3. The minimum Gasteiger partial charge on any atom is -0.394 e. The Labute approximate surface area is 103 Å². The van der Waals surface area contributed by atoms with E-state index < -0.39 is 0 Å². The zero-order valence-electron chi connectivity index (χ0n) is 11.0. The number of rotatable bonds is 6. The fraction of sp³-hybridized carbons (Fsp3) is 0.769. The van der Waals surface area contributed by atoms with E-state index in [-0.39, 0.29) is 6.61 Å². The molecule has 0 amide bonds. The molecule has 0 aromatic carbocycles. The molecule has 96 valence electrons. The lowest BCUT2D eigenvalue weighted by Crippen LogP contribution is -2.20. The van der Waals surface area contributed by atoms with E-state index in [0.717, 1.165) is 17.4 Å². The lowest BCUT2D eigenvalue weighted by atomic mass is 10.1. The molecule has 1 aromatic heterocycles. The van der Waals surface area contributed by atoms with Crippen LogP contribution in [0.3, 0.4) is 0 Å². The number of aryl methyl sites for hydroxylation is 1. The molecule has 1 aromatic rings. The quantitative estimate of drug-likeness (QED) is 0.796. The van der Waals surface area contributed by atoms with Crippen molar-refractivity contribution in [1.29, 1.82) is 0 Å². The summed E-state index contributed by atoms with van der Waals surface area (Å²) in [5.74, 6) is 2.00. The third-order valence-corrected chi connectivity index (χ3v) is 3.51. The molecular formula is C13H23N3O. The van der Waals surface area contributed by atoms with Crippen molar-refractivity contribution in [1.82, 2.24) is 9.78 Å². The molecule has 0 saturated heterocycles. The zero-order chi connectivity index (χ0) is 12.4. The number of anilines is 1. The van der Waals surface area contributed by atoms with E-state index in [1.54, 1.807) is 0 Å². The van der Waals surface area contributed by atoms with E-state index in [1.165, 1.54) is 24.8 Å². The molecule has 1 aliphatic carbocycles. The largest absolute Gasteiger partial charge is 0.394 e. The van der Waals surface area contributed by atoms with Crippen LogP contribution in [0.2, 0.25) is 0 Å². The molecule has 2 N–H and O–H groups in total. The maximum Gasteiger partial charge on any atom is 0.127 e. The van der Waals surface area contributed by atoms with E-state index in [0.29, 0.717) is 12.6 Å². The summed E-state index contributed by atoms with van der Waals surface area (Å²) in [5, 5.41) is 17.0. The molecule has 1 atom stereocenters. The Hall–Kier alpha value is -1.03. The second-order valence-corrected chi connectivity index (χ2v) is 5.23. The fourth-order valence-corrected chi connectivity index (χ4v) is 2.26. The summed E-state index contributed by atoms with van der Waals surface area (Å²) in [7, 11) is 0. The smallest absolute Gasteiger partial charge is 0.127 e. The van der Waals surface area contributed by atoms with Crippen LogP contribution >= 0.6 is 0 Å². The molecule has 4 nitrogen and oxygen atoms in total. The topological polar surface area (TPSA) is 50.1 Å². The van der Waals surface area contributed by atoms with Crippen molar-refractivity contribution in [3.8, 4) is 0 Å². The van der Waals surface area contributed by atoms with Crippen molar-refractivity contribution in [2.75, 3.05) is 11.9 Å². The predicted molar refractivity (Wildman–Crippen MR) is 69.2 cm³/mol. The van der Waals surface area contributed by atoms with Gasteiger partial charge in [-0.1, -0.05) is 12.8 Å². The second-order valence-electron chi connectivity index (χ2n) is 5.23. The van der Waals surface area contributed by atoms with Crippen molar-refractivity contribution >= 4 is 5.82 Å². The minimum atomic E-state index is 0.131. The lowest BCUT2D eigenvalue weighted by Gasteiger charge is -2.16. The Morgan fingerprint density at radius 3 is 2.76 bits per heavy atom. The van der Waals surface area contributed by atoms with Gasteiger partial charge in [0.05, 0.1) is 18.8 Å². The van der Waals surface area contributed by atoms with E-state index in [1.807, 2.05) is 11.6 Å². The highest BCUT2D eigenvalue weighted by Crippen LogP contribution is 2.34. The summed E-state index contributed by atoms with van der Waals surface area (Å²) in [5.41, 5.74) is 2.24. The van der Waals surface area contributed by atoms with Gasteiger partial charge in [0.25, 0.3) is 0 Å². The van der Waals surface area contributed by atoms with E-state index in [2.05, 4.69) is 24.3 Å². The van der Waals surface area contributed by atoms with Gasteiger partial charge in [-0.3, -0.25) is 0 Å². The van der Waals surface area contributed by atoms with Gasteiger partial charge in [0, 0.05) is 11.6 Å². The van der Waals surface area contributed by atoms with Crippen molar-refractivity contribution in [2.45, 2.75) is 52.6 Å². The average molecular weight is 237 g/mol. The molecule has 1 heterocycles. The minimum absolute atomic E-state index is 0.131. The van der Waals surface area contributed by atoms with E-state index in [9.17, 15) is 0 Å². The van der Waals surface area contributed by atoms with Crippen molar-refractivity contribution in [3.63, 3.8) is 0 Å². The molecule has 2 rings (SSSR count). The highest BCUT2D eigenvalue weighted by atomic mass is 16.3. The van der Waals surface area contributed by atoms with Crippen LogP contribution in [-0.4, -0.2) is 27.5 Å². The SMILES string of the molecule is Cc1nn(CCO)c(NC(C)CC2CC2)c1C. The number of nitrogens with one attached hydrogen (secondary N) is 1. The Kier molecular flexibility index (Phi) is 3.72. The summed E-state index contributed by atoms with van der Waals surface area (Å²) in [6.07, 6.45) is 4.02. The molecule has 0 spiro atoms. The molecule has 1 saturated carbocycles. The van der Waals surface area contributed by atoms with Gasteiger partial charge in [-0.25, -0.2) is 4.68 Å². The maximum atomic E-state index is 9.05. The number of aliphatic hydroxyl groups is 1. The zero-order valence-corrected chi connectivity index (χ0v) is 11.0. The highest BCUT2D eigenvalue weighted by molar-refractivity contribution is 5.47. The molecule has 4 heteroatoms. The lowest BCUT2D eigenvalue weighted by molar-refractivity contribution is 0.270. The first-order valence-corrected chi connectivity index (χ1v) is 6.53. The molecule has 0 bridgehead atoms. The number of nitrogens with zero attached hydrogens (tertiary/aromatic N) is 2. The molecule has 17 heavy (non-hydrogen) atoms. The summed E-state index contributed by atoms with van der Waals surface area (Å²) in [6, 6.07) is 0.481. The molecule has 0 radical (unpaired) electrons. The number of aromatic nitrogens is 2. The van der Waals surface area contributed by atoms with Crippen molar-refractivity contribution in [2.24, 2.45) is 5.92 Å². The summed E-state index contributed by atoms with van der Waals surface area (Å²) >= 11 is 0. The Morgan fingerprint density at radius 1 is 1.47 bits per heavy atom. The van der Waals surface area contributed by atoms with Crippen LogP contribution < -0.4 is 5.32 Å². The Bertz CT molecular complexity index is 382. The number of aliphatic hydroxyl groups excluding tert-OH is 1. The molecule has 1 aliphatic rings. The van der Waals surface area contributed by atoms with Crippen molar-refractivity contribution < 1.29 is 5.11 Å². The van der Waals surface area contributed by atoms with Crippen LogP contribution in [0.15, 0.2) is 0 Å².